The first-order valence-electron chi connectivity index (χ1n) is 9.80. The normalized spacial score (nSPS) is 13.7. The predicted octanol–water partition coefficient (Wildman–Crippen LogP) is 2.67. The molecule has 4 rings (SSSR count). The highest BCUT2D eigenvalue weighted by Crippen LogP contribution is 2.18. The van der Waals surface area contributed by atoms with Crippen molar-refractivity contribution in [2.75, 3.05) is 31.6 Å². The highest BCUT2D eigenvalue weighted by molar-refractivity contribution is 6.03. The van der Waals surface area contributed by atoms with Gasteiger partial charge in [-0.2, -0.15) is 5.10 Å². The van der Waals surface area contributed by atoms with Gasteiger partial charge >= 0.3 is 6.03 Å². The number of aromatic nitrogens is 2. The van der Waals surface area contributed by atoms with Crippen LogP contribution >= 0.6 is 0 Å². The van der Waals surface area contributed by atoms with Crippen LogP contribution in [0.1, 0.15) is 15.9 Å². The quantitative estimate of drug-likeness (QED) is 0.683. The Balaban J connectivity index is 1.37. The fourth-order valence-corrected chi connectivity index (χ4v) is 3.24. The summed E-state index contributed by atoms with van der Waals surface area (Å²) in [6.07, 6.45) is 3.58. The molecule has 0 bridgehead atoms. The lowest BCUT2D eigenvalue weighted by atomic mass is 10.1. The van der Waals surface area contributed by atoms with Gasteiger partial charge in [-0.1, -0.05) is 30.3 Å². The van der Waals surface area contributed by atoms with E-state index in [9.17, 15) is 9.59 Å². The molecule has 154 valence electrons. The highest BCUT2D eigenvalue weighted by atomic mass is 16.5. The molecule has 0 unspecified atom stereocenters. The van der Waals surface area contributed by atoms with Crippen molar-refractivity contribution in [3.8, 4) is 5.69 Å². The average molecular weight is 405 g/mol. The molecule has 1 aliphatic rings. The van der Waals surface area contributed by atoms with Gasteiger partial charge in [0, 0.05) is 31.4 Å². The maximum Gasteiger partial charge on any atom is 0.319 e. The molecule has 2 heterocycles. The summed E-state index contributed by atoms with van der Waals surface area (Å²) in [5.41, 5.74) is 2.76. The fourth-order valence-electron chi connectivity index (χ4n) is 3.24. The number of hydrogen-bond acceptors (Lipinski definition) is 4. The van der Waals surface area contributed by atoms with Gasteiger partial charge in [-0.25, -0.2) is 9.48 Å². The number of amides is 3. The Morgan fingerprint density at radius 3 is 2.53 bits per heavy atom. The second kappa shape index (κ2) is 9.23. The summed E-state index contributed by atoms with van der Waals surface area (Å²) in [5.74, 6) is -0.113. The molecule has 3 aromatic rings. The smallest absolute Gasteiger partial charge is 0.319 e. The summed E-state index contributed by atoms with van der Waals surface area (Å²) >= 11 is 0. The molecule has 0 atom stereocenters. The predicted molar refractivity (Wildman–Crippen MR) is 113 cm³/mol. The van der Waals surface area contributed by atoms with Crippen molar-refractivity contribution < 1.29 is 14.3 Å². The van der Waals surface area contributed by atoms with Crippen molar-refractivity contribution in [1.29, 1.82) is 0 Å². The van der Waals surface area contributed by atoms with Gasteiger partial charge in [0.05, 0.1) is 36.3 Å². The van der Waals surface area contributed by atoms with Gasteiger partial charge in [0.15, 0.2) is 0 Å². The van der Waals surface area contributed by atoms with E-state index < -0.39 is 0 Å². The number of benzene rings is 2. The number of carbonyl (C=O) groups is 2. The van der Waals surface area contributed by atoms with E-state index in [1.807, 2.05) is 36.5 Å². The number of morpholine rings is 1. The van der Waals surface area contributed by atoms with Crippen molar-refractivity contribution in [3.63, 3.8) is 0 Å². The van der Waals surface area contributed by atoms with Crippen molar-refractivity contribution in [2.45, 2.75) is 6.54 Å². The molecule has 0 radical (unpaired) electrons. The summed E-state index contributed by atoms with van der Waals surface area (Å²) < 4.78 is 7.06. The first-order chi connectivity index (χ1) is 14.7. The zero-order valence-corrected chi connectivity index (χ0v) is 16.5. The van der Waals surface area contributed by atoms with Crippen LogP contribution in [0, 0.1) is 0 Å². The Morgan fingerprint density at radius 2 is 1.73 bits per heavy atom. The molecule has 3 amide bonds. The molecule has 1 aromatic heterocycles. The molecule has 2 N–H and O–H groups in total. The maximum atomic E-state index is 12.8. The topological polar surface area (TPSA) is 88.5 Å². The number of anilines is 1. The van der Waals surface area contributed by atoms with Gasteiger partial charge in [0.1, 0.15) is 0 Å². The fraction of sp³-hybridized carbons (Fsp3) is 0.227. The van der Waals surface area contributed by atoms with Crippen LogP contribution in [0.25, 0.3) is 5.69 Å². The third-order valence-corrected chi connectivity index (χ3v) is 4.81. The molecule has 2 aromatic carbocycles. The molecule has 0 saturated carbocycles. The van der Waals surface area contributed by atoms with Crippen molar-refractivity contribution in [2.24, 2.45) is 0 Å². The minimum atomic E-state index is -0.385. The van der Waals surface area contributed by atoms with Gasteiger partial charge in [0.2, 0.25) is 0 Å². The standard InChI is InChI=1S/C22H23N5O3/c28-21(26-10-12-30-13-11-26)19-8-4-5-9-20(19)25-22(29)23-14-17-15-24-27(16-17)18-6-2-1-3-7-18/h1-9,15-16H,10-14H2,(H2,23,25,29). The van der Waals surface area contributed by atoms with E-state index in [1.54, 1.807) is 40.0 Å². The van der Waals surface area contributed by atoms with Crippen LogP contribution in [0.5, 0.6) is 0 Å². The Hall–Kier alpha value is -3.65. The van der Waals surface area contributed by atoms with Crippen LogP contribution < -0.4 is 10.6 Å². The molecule has 8 heteroatoms. The first kappa shape index (κ1) is 19.7. The molecule has 1 fully saturated rings. The van der Waals surface area contributed by atoms with E-state index in [2.05, 4.69) is 15.7 Å². The minimum absolute atomic E-state index is 0.113. The van der Waals surface area contributed by atoms with E-state index in [0.717, 1.165) is 11.3 Å². The van der Waals surface area contributed by atoms with E-state index in [4.69, 9.17) is 4.74 Å². The van der Waals surface area contributed by atoms with E-state index >= 15 is 0 Å². The van der Waals surface area contributed by atoms with Gasteiger partial charge in [-0.3, -0.25) is 4.79 Å². The zero-order valence-electron chi connectivity index (χ0n) is 16.5. The molecule has 1 aliphatic heterocycles. The number of nitrogens with one attached hydrogen (secondary N) is 2. The number of nitrogens with zero attached hydrogens (tertiary/aromatic N) is 3. The Bertz CT molecular complexity index is 1010. The SMILES string of the molecule is O=C(NCc1cnn(-c2ccccc2)c1)Nc1ccccc1C(=O)N1CCOCC1. The van der Waals surface area contributed by atoms with Crippen LogP contribution in [-0.4, -0.2) is 52.9 Å². The summed E-state index contributed by atoms with van der Waals surface area (Å²) in [6, 6.07) is 16.4. The lowest BCUT2D eigenvalue weighted by Gasteiger charge is -2.27. The maximum absolute atomic E-state index is 12.8. The van der Waals surface area contributed by atoms with Crippen molar-refractivity contribution in [3.05, 3.63) is 78.1 Å². The first-order valence-corrected chi connectivity index (χ1v) is 9.80. The van der Waals surface area contributed by atoms with Gasteiger partial charge in [-0.15, -0.1) is 0 Å². The Morgan fingerprint density at radius 1 is 1.00 bits per heavy atom. The molecule has 1 saturated heterocycles. The average Bonchev–Trinajstić information content (AvgIpc) is 3.28. The molecule has 0 aliphatic carbocycles. The largest absolute Gasteiger partial charge is 0.378 e. The van der Waals surface area contributed by atoms with Crippen LogP contribution in [-0.2, 0) is 11.3 Å². The second-order valence-electron chi connectivity index (χ2n) is 6.89. The van der Waals surface area contributed by atoms with Crippen molar-refractivity contribution >= 4 is 17.6 Å². The van der Waals surface area contributed by atoms with Gasteiger partial charge < -0.3 is 20.3 Å². The molecular formula is C22H23N5O3. The second-order valence-corrected chi connectivity index (χ2v) is 6.89. The van der Waals surface area contributed by atoms with Crippen LogP contribution in [0.4, 0.5) is 10.5 Å². The number of ether oxygens (including phenoxy) is 1. The number of carbonyl (C=O) groups excluding carboxylic acids is 2. The minimum Gasteiger partial charge on any atom is -0.378 e. The van der Waals surface area contributed by atoms with E-state index in [-0.39, 0.29) is 11.9 Å². The Labute approximate surface area is 174 Å². The third-order valence-electron chi connectivity index (χ3n) is 4.81. The van der Waals surface area contributed by atoms with Gasteiger partial charge in [0.25, 0.3) is 5.91 Å². The van der Waals surface area contributed by atoms with Crippen LogP contribution in [0.3, 0.4) is 0 Å². The zero-order chi connectivity index (χ0) is 20.8. The Kier molecular flexibility index (Phi) is 6.05. The number of rotatable bonds is 5. The van der Waals surface area contributed by atoms with Gasteiger partial charge in [-0.05, 0) is 24.3 Å². The highest BCUT2D eigenvalue weighted by Gasteiger charge is 2.21. The molecule has 30 heavy (non-hydrogen) atoms. The number of hydrogen-bond donors (Lipinski definition) is 2. The van der Waals surface area contributed by atoms with Crippen LogP contribution in [0.2, 0.25) is 0 Å². The number of urea groups is 1. The summed E-state index contributed by atoms with van der Waals surface area (Å²) in [6.45, 7) is 2.46. The molecule has 8 nitrogen and oxygen atoms in total. The lowest BCUT2D eigenvalue weighted by molar-refractivity contribution is 0.0303. The van der Waals surface area contributed by atoms with Crippen LogP contribution in [0.15, 0.2) is 67.0 Å². The van der Waals surface area contributed by atoms with E-state index in [1.165, 1.54) is 0 Å². The summed E-state index contributed by atoms with van der Waals surface area (Å²) in [4.78, 5) is 27.0. The summed E-state index contributed by atoms with van der Waals surface area (Å²) in [5, 5.41) is 9.91. The molecule has 0 spiro atoms. The van der Waals surface area contributed by atoms with Crippen molar-refractivity contribution in [1.82, 2.24) is 20.0 Å². The third kappa shape index (κ3) is 4.66. The summed E-state index contributed by atoms with van der Waals surface area (Å²) in [7, 11) is 0. The van der Waals surface area contributed by atoms with E-state index in [0.29, 0.717) is 44.1 Å². The lowest BCUT2D eigenvalue weighted by Crippen LogP contribution is -2.41. The molecular weight excluding hydrogens is 382 g/mol. The monoisotopic (exact) mass is 405 g/mol. The number of para-hydroxylation sites is 2.